The highest BCUT2D eigenvalue weighted by Gasteiger charge is 2.41. The molecule has 0 aliphatic carbocycles. The number of rotatable bonds is 4. The van der Waals surface area contributed by atoms with Crippen LogP contribution < -0.4 is 10.6 Å². The molecule has 1 aliphatic heterocycles. The number of hydrogen-bond acceptors (Lipinski definition) is 4. The second kappa shape index (κ2) is 6.23. The van der Waals surface area contributed by atoms with Gasteiger partial charge in [-0.2, -0.15) is 0 Å². The van der Waals surface area contributed by atoms with Crippen LogP contribution in [0.5, 0.6) is 0 Å². The van der Waals surface area contributed by atoms with E-state index < -0.39 is 17.5 Å². The molecule has 1 aromatic rings. The van der Waals surface area contributed by atoms with Crippen molar-refractivity contribution < 1.29 is 19.4 Å². The third kappa shape index (κ3) is 3.29. The summed E-state index contributed by atoms with van der Waals surface area (Å²) in [5.41, 5.74) is -0.0957. The van der Waals surface area contributed by atoms with Crippen LogP contribution in [0.25, 0.3) is 0 Å². The van der Waals surface area contributed by atoms with E-state index in [0.717, 1.165) is 10.4 Å². The predicted molar refractivity (Wildman–Crippen MR) is 74.8 cm³/mol. The number of carbonyl (C=O) groups excluding carboxylic acids is 1. The van der Waals surface area contributed by atoms with Crippen LogP contribution in [0.3, 0.4) is 0 Å². The standard InChI is InChI=1S/C13H18N2O4S/c1-9-2-7-20-10(9)8-14-12(18)15-13(11(16)17)3-5-19-6-4-13/h2,7H,3-6,8H2,1H3,(H,16,17)(H2,14,15,18). The number of carbonyl (C=O) groups is 2. The van der Waals surface area contributed by atoms with Gasteiger partial charge < -0.3 is 20.5 Å². The number of aryl methyl sites for hydroxylation is 1. The first-order valence-corrected chi connectivity index (χ1v) is 7.31. The Morgan fingerprint density at radius 2 is 2.15 bits per heavy atom. The second-order valence-corrected chi connectivity index (χ2v) is 5.83. The average molecular weight is 298 g/mol. The summed E-state index contributed by atoms with van der Waals surface area (Å²) in [6, 6.07) is 1.53. The van der Waals surface area contributed by atoms with Gasteiger partial charge >= 0.3 is 12.0 Å². The maximum Gasteiger partial charge on any atom is 0.329 e. The molecule has 2 rings (SSSR count). The number of amides is 2. The summed E-state index contributed by atoms with van der Waals surface area (Å²) in [5.74, 6) is -1.01. The van der Waals surface area contributed by atoms with Gasteiger partial charge in [-0.1, -0.05) is 0 Å². The number of carboxylic acid groups (broad SMARTS) is 1. The molecule has 1 saturated heterocycles. The molecule has 2 heterocycles. The molecule has 0 spiro atoms. The lowest BCUT2D eigenvalue weighted by atomic mass is 9.90. The normalized spacial score (nSPS) is 17.4. The van der Waals surface area contributed by atoms with Crippen LogP contribution in [0.15, 0.2) is 11.4 Å². The zero-order valence-corrected chi connectivity index (χ0v) is 12.1. The minimum atomic E-state index is -1.22. The Kier molecular flexibility index (Phi) is 4.61. The van der Waals surface area contributed by atoms with Crippen molar-refractivity contribution in [2.45, 2.75) is 31.8 Å². The van der Waals surface area contributed by atoms with Crippen LogP contribution in [0.2, 0.25) is 0 Å². The molecular formula is C13H18N2O4S. The minimum Gasteiger partial charge on any atom is -0.480 e. The molecule has 1 aliphatic rings. The number of ether oxygens (including phenoxy) is 1. The van der Waals surface area contributed by atoms with E-state index in [0.29, 0.717) is 19.8 Å². The molecule has 0 aromatic carbocycles. The van der Waals surface area contributed by atoms with Crippen LogP contribution in [0.1, 0.15) is 23.3 Å². The predicted octanol–water partition coefficient (Wildman–Crippen LogP) is 1.49. The lowest BCUT2D eigenvalue weighted by Gasteiger charge is -2.33. The molecule has 20 heavy (non-hydrogen) atoms. The van der Waals surface area contributed by atoms with Crippen LogP contribution in [0.4, 0.5) is 4.79 Å². The van der Waals surface area contributed by atoms with E-state index in [1.165, 1.54) is 0 Å². The summed E-state index contributed by atoms with van der Waals surface area (Å²) in [7, 11) is 0. The van der Waals surface area contributed by atoms with Crippen molar-refractivity contribution in [1.82, 2.24) is 10.6 Å². The summed E-state index contributed by atoms with van der Waals surface area (Å²) in [6.45, 7) is 3.07. The van der Waals surface area contributed by atoms with Gasteiger partial charge in [0.2, 0.25) is 0 Å². The first kappa shape index (κ1) is 14.8. The molecule has 7 heteroatoms. The van der Waals surface area contributed by atoms with Gasteiger partial charge in [0.15, 0.2) is 0 Å². The smallest absolute Gasteiger partial charge is 0.329 e. The minimum absolute atomic E-state index is 0.285. The fraction of sp³-hybridized carbons (Fsp3) is 0.538. The van der Waals surface area contributed by atoms with E-state index in [-0.39, 0.29) is 12.8 Å². The average Bonchev–Trinajstić information content (AvgIpc) is 2.83. The van der Waals surface area contributed by atoms with Crippen molar-refractivity contribution in [1.29, 1.82) is 0 Å². The highest BCUT2D eigenvalue weighted by atomic mass is 32.1. The van der Waals surface area contributed by atoms with Crippen molar-refractivity contribution in [3.63, 3.8) is 0 Å². The van der Waals surface area contributed by atoms with E-state index in [1.807, 2.05) is 18.4 Å². The van der Waals surface area contributed by atoms with Gasteiger partial charge in [-0.15, -0.1) is 11.3 Å². The zero-order valence-electron chi connectivity index (χ0n) is 11.3. The van der Waals surface area contributed by atoms with E-state index in [4.69, 9.17) is 4.74 Å². The molecule has 6 nitrogen and oxygen atoms in total. The monoisotopic (exact) mass is 298 g/mol. The van der Waals surface area contributed by atoms with E-state index in [9.17, 15) is 14.7 Å². The van der Waals surface area contributed by atoms with Crippen molar-refractivity contribution in [3.05, 3.63) is 21.9 Å². The Balaban J connectivity index is 1.92. The first-order valence-electron chi connectivity index (χ1n) is 6.44. The van der Waals surface area contributed by atoms with Crippen LogP contribution >= 0.6 is 11.3 Å². The van der Waals surface area contributed by atoms with Gasteiger partial charge in [0, 0.05) is 30.9 Å². The summed E-state index contributed by atoms with van der Waals surface area (Å²) in [4.78, 5) is 24.4. The number of aliphatic carboxylic acids is 1. The largest absolute Gasteiger partial charge is 0.480 e. The van der Waals surface area contributed by atoms with Crippen LogP contribution in [-0.2, 0) is 16.1 Å². The summed E-state index contributed by atoms with van der Waals surface area (Å²) < 4.78 is 5.16. The van der Waals surface area contributed by atoms with E-state index >= 15 is 0 Å². The Bertz CT molecular complexity index is 494. The topological polar surface area (TPSA) is 87.7 Å². The van der Waals surface area contributed by atoms with Gasteiger partial charge in [0.1, 0.15) is 5.54 Å². The second-order valence-electron chi connectivity index (χ2n) is 4.83. The molecule has 1 aromatic heterocycles. The Morgan fingerprint density at radius 1 is 1.45 bits per heavy atom. The fourth-order valence-corrected chi connectivity index (χ4v) is 2.97. The van der Waals surface area contributed by atoms with Crippen molar-refractivity contribution >= 4 is 23.3 Å². The third-order valence-corrected chi connectivity index (χ3v) is 4.51. The number of carboxylic acids is 1. The molecule has 0 unspecified atom stereocenters. The molecule has 0 bridgehead atoms. The van der Waals surface area contributed by atoms with Crippen LogP contribution in [0, 0.1) is 6.92 Å². The Labute approximate surface area is 121 Å². The van der Waals surface area contributed by atoms with Gasteiger partial charge in [0.05, 0.1) is 6.54 Å². The maximum absolute atomic E-state index is 11.9. The highest BCUT2D eigenvalue weighted by Crippen LogP contribution is 2.21. The maximum atomic E-state index is 11.9. The first-order chi connectivity index (χ1) is 9.53. The third-order valence-electron chi connectivity index (χ3n) is 3.49. The molecular weight excluding hydrogens is 280 g/mol. The van der Waals surface area contributed by atoms with Gasteiger partial charge in [-0.05, 0) is 23.9 Å². The summed E-state index contributed by atoms with van der Waals surface area (Å²) >= 11 is 1.56. The number of hydrogen-bond donors (Lipinski definition) is 3. The lowest BCUT2D eigenvalue weighted by molar-refractivity contribution is -0.148. The zero-order chi connectivity index (χ0) is 14.6. The van der Waals surface area contributed by atoms with Crippen LogP contribution in [-0.4, -0.2) is 35.9 Å². The van der Waals surface area contributed by atoms with Gasteiger partial charge in [-0.25, -0.2) is 9.59 Å². The van der Waals surface area contributed by atoms with E-state index in [1.54, 1.807) is 11.3 Å². The lowest BCUT2D eigenvalue weighted by Crippen LogP contribution is -2.59. The van der Waals surface area contributed by atoms with Gasteiger partial charge in [-0.3, -0.25) is 0 Å². The molecule has 2 amide bonds. The Morgan fingerprint density at radius 3 is 2.70 bits per heavy atom. The van der Waals surface area contributed by atoms with Gasteiger partial charge in [0.25, 0.3) is 0 Å². The van der Waals surface area contributed by atoms with E-state index in [2.05, 4.69) is 10.6 Å². The SMILES string of the molecule is Cc1ccsc1CNC(=O)NC1(C(=O)O)CCOCC1. The summed E-state index contributed by atoms with van der Waals surface area (Å²) in [5, 5.41) is 16.6. The Hall–Kier alpha value is -1.60. The molecule has 0 radical (unpaired) electrons. The highest BCUT2D eigenvalue weighted by molar-refractivity contribution is 7.10. The molecule has 3 N–H and O–H groups in total. The molecule has 0 saturated carbocycles. The fourth-order valence-electron chi connectivity index (χ4n) is 2.12. The molecule has 110 valence electrons. The van der Waals surface area contributed by atoms with Crippen molar-refractivity contribution in [3.8, 4) is 0 Å². The molecule has 1 fully saturated rings. The quantitative estimate of drug-likeness (QED) is 0.786. The summed E-state index contributed by atoms with van der Waals surface area (Å²) in [6.07, 6.45) is 0.571. The van der Waals surface area contributed by atoms with Crippen molar-refractivity contribution in [2.24, 2.45) is 0 Å². The van der Waals surface area contributed by atoms with Crippen molar-refractivity contribution in [2.75, 3.05) is 13.2 Å². The number of thiophene rings is 1. The number of nitrogens with one attached hydrogen (secondary N) is 2. The molecule has 0 atom stereocenters. The number of urea groups is 1.